The van der Waals surface area contributed by atoms with Gasteiger partial charge in [0.15, 0.2) is 0 Å². The van der Waals surface area contributed by atoms with Gasteiger partial charge in [-0.2, -0.15) is 13.2 Å². The van der Waals surface area contributed by atoms with Crippen LogP contribution in [0.1, 0.15) is 24.8 Å². The summed E-state index contributed by atoms with van der Waals surface area (Å²) in [5.74, 6) is 1.74. The third-order valence-corrected chi connectivity index (χ3v) is 8.56. The first kappa shape index (κ1) is 26.2. The van der Waals surface area contributed by atoms with Crippen LogP contribution in [0.15, 0.2) is 30.3 Å². The van der Waals surface area contributed by atoms with Crippen LogP contribution in [0.3, 0.4) is 0 Å². The van der Waals surface area contributed by atoms with Crippen molar-refractivity contribution in [2.45, 2.75) is 37.9 Å². The van der Waals surface area contributed by atoms with Crippen molar-refractivity contribution in [3.8, 4) is 11.1 Å². The van der Waals surface area contributed by atoms with Crippen molar-refractivity contribution < 1.29 is 22.7 Å². The zero-order chi connectivity index (χ0) is 27.4. The number of ether oxygens (including phenoxy) is 1. The van der Waals surface area contributed by atoms with Crippen LogP contribution >= 0.6 is 0 Å². The summed E-state index contributed by atoms with van der Waals surface area (Å²) in [6, 6.07) is 9.52. The van der Waals surface area contributed by atoms with Crippen LogP contribution in [0.25, 0.3) is 11.1 Å². The number of fused-ring (bicyclic) bond motifs is 1. The summed E-state index contributed by atoms with van der Waals surface area (Å²) in [4.78, 5) is 23.9. The molecule has 1 aromatic heterocycles. The third-order valence-electron chi connectivity index (χ3n) is 8.56. The summed E-state index contributed by atoms with van der Waals surface area (Å²) >= 11 is 0. The van der Waals surface area contributed by atoms with E-state index in [-0.39, 0.29) is 18.1 Å². The number of amides is 2. The first-order valence-electron chi connectivity index (χ1n) is 13.7. The molecule has 1 unspecified atom stereocenters. The molecule has 1 aromatic carbocycles. The highest BCUT2D eigenvalue weighted by molar-refractivity contribution is 5.91. The number of anilines is 3. The number of aryl methyl sites for hydroxylation is 1. The first-order chi connectivity index (χ1) is 18.6. The van der Waals surface area contributed by atoms with Crippen molar-refractivity contribution in [3.05, 3.63) is 35.9 Å². The zero-order valence-electron chi connectivity index (χ0n) is 22.1. The van der Waals surface area contributed by atoms with Gasteiger partial charge in [-0.25, -0.2) is 9.78 Å². The molecule has 11 heteroatoms. The van der Waals surface area contributed by atoms with E-state index in [0.29, 0.717) is 37.8 Å². The highest BCUT2D eigenvalue weighted by atomic mass is 19.4. The van der Waals surface area contributed by atoms with Gasteiger partial charge in [0.25, 0.3) is 0 Å². The monoisotopic (exact) mass is 544 g/mol. The van der Waals surface area contributed by atoms with Gasteiger partial charge in [-0.05, 0) is 72.6 Å². The van der Waals surface area contributed by atoms with E-state index in [1.165, 1.54) is 4.90 Å². The molecule has 4 fully saturated rings. The van der Waals surface area contributed by atoms with Gasteiger partial charge < -0.3 is 30.5 Å². The van der Waals surface area contributed by atoms with Crippen molar-refractivity contribution in [1.29, 1.82) is 0 Å². The van der Waals surface area contributed by atoms with E-state index in [9.17, 15) is 18.0 Å². The second kappa shape index (κ2) is 9.85. The maximum atomic E-state index is 12.9. The SMILES string of the molecule is Cc1ccc(NC(=O)N2CC[C@@H](CC(F)(F)F)C2)cc1-c1cc(N2CCOCC2)nc(N2CC3C[C@@]3(N)C2)c1. The predicted molar refractivity (Wildman–Crippen MR) is 144 cm³/mol. The summed E-state index contributed by atoms with van der Waals surface area (Å²) in [7, 11) is 0. The van der Waals surface area contributed by atoms with Crippen molar-refractivity contribution in [2.75, 3.05) is 67.6 Å². The third kappa shape index (κ3) is 5.65. The molecule has 8 nitrogen and oxygen atoms in total. The number of hydrogen-bond donors (Lipinski definition) is 2. The Morgan fingerprint density at radius 2 is 1.87 bits per heavy atom. The van der Waals surface area contributed by atoms with Gasteiger partial charge in [0.1, 0.15) is 11.6 Å². The van der Waals surface area contributed by atoms with E-state index in [1.54, 1.807) is 0 Å². The second-order valence-electron chi connectivity index (χ2n) is 11.6. The number of hydrogen-bond acceptors (Lipinski definition) is 6. The minimum Gasteiger partial charge on any atom is -0.378 e. The summed E-state index contributed by atoms with van der Waals surface area (Å²) in [6.45, 7) is 6.98. The fourth-order valence-corrected chi connectivity index (χ4v) is 6.20. The Bertz CT molecular complexity index is 1250. The average Bonchev–Trinajstić information content (AvgIpc) is 3.19. The molecule has 1 aliphatic carbocycles. The maximum Gasteiger partial charge on any atom is 0.389 e. The van der Waals surface area contributed by atoms with E-state index < -0.39 is 18.5 Å². The van der Waals surface area contributed by atoms with Crippen molar-refractivity contribution >= 4 is 23.4 Å². The summed E-state index contributed by atoms with van der Waals surface area (Å²) in [5.41, 5.74) is 10.0. The molecule has 6 rings (SSSR count). The van der Waals surface area contributed by atoms with E-state index in [2.05, 4.69) is 27.2 Å². The molecule has 4 aliphatic rings. The summed E-state index contributed by atoms with van der Waals surface area (Å²) in [6.07, 6.45) is -3.65. The lowest BCUT2D eigenvalue weighted by Gasteiger charge is -2.30. The number of benzene rings is 1. The fraction of sp³-hybridized carbons (Fsp3) is 0.571. The number of nitrogens with zero attached hydrogens (tertiary/aromatic N) is 4. The first-order valence-corrected chi connectivity index (χ1v) is 13.7. The standard InChI is InChI=1S/C28H35F3N6O2/c1-18-2-3-22(33-26(38)36-5-4-19(15-36)13-28(29,30)31)12-23(18)20-10-24(35-6-8-39-9-7-35)34-25(11-20)37-16-21-14-27(21,32)17-37/h2-3,10-12,19,21H,4-9,13-17,32H2,1H3,(H,33,38)/t19-,21?,27+/m0/s1. The molecule has 1 saturated carbocycles. The molecule has 3 aliphatic heterocycles. The lowest BCUT2D eigenvalue weighted by atomic mass is 10.00. The molecule has 3 saturated heterocycles. The molecule has 0 spiro atoms. The molecule has 4 heterocycles. The van der Waals surface area contributed by atoms with Gasteiger partial charge in [-0.1, -0.05) is 6.07 Å². The lowest BCUT2D eigenvalue weighted by Crippen LogP contribution is -2.37. The number of rotatable bonds is 5. The Morgan fingerprint density at radius 1 is 1.13 bits per heavy atom. The van der Waals surface area contributed by atoms with Crippen LogP contribution in [0.4, 0.5) is 35.3 Å². The summed E-state index contributed by atoms with van der Waals surface area (Å²) in [5, 5.41) is 2.91. The van der Waals surface area contributed by atoms with Crippen LogP contribution in [0.2, 0.25) is 0 Å². The van der Waals surface area contributed by atoms with Gasteiger partial charge in [0.05, 0.1) is 13.2 Å². The normalized spacial score (nSPS) is 26.6. The molecule has 2 aromatic rings. The largest absolute Gasteiger partial charge is 0.389 e. The van der Waals surface area contributed by atoms with Crippen LogP contribution in [-0.2, 0) is 4.74 Å². The number of pyridine rings is 1. The molecular formula is C28H35F3N6O2. The lowest BCUT2D eigenvalue weighted by molar-refractivity contribution is -0.143. The highest BCUT2D eigenvalue weighted by Crippen LogP contribution is 2.48. The van der Waals surface area contributed by atoms with E-state index in [1.807, 2.05) is 25.1 Å². The molecule has 3 atom stereocenters. The number of halogens is 3. The topological polar surface area (TPSA) is 87.0 Å². The number of carbonyl (C=O) groups is 1. The summed E-state index contributed by atoms with van der Waals surface area (Å²) < 4.78 is 43.9. The van der Waals surface area contributed by atoms with E-state index in [0.717, 1.165) is 60.9 Å². The quantitative estimate of drug-likeness (QED) is 0.586. The molecule has 3 N–H and O–H groups in total. The second-order valence-corrected chi connectivity index (χ2v) is 11.6. The number of nitrogens with one attached hydrogen (secondary N) is 1. The predicted octanol–water partition coefficient (Wildman–Crippen LogP) is 4.24. The van der Waals surface area contributed by atoms with E-state index in [4.69, 9.17) is 15.5 Å². The Labute approximate surface area is 226 Å². The van der Waals surface area contributed by atoms with Crippen LogP contribution in [0.5, 0.6) is 0 Å². The van der Waals surface area contributed by atoms with E-state index >= 15 is 0 Å². The smallest absolute Gasteiger partial charge is 0.378 e. The Kier molecular flexibility index (Phi) is 6.61. The fourth-order valence-electron chi connectivity index (χ4n) is 6.20. The molecular weight excluding hydrogens is 509 g/mol. The number of nitrogens with two attached hydrogens (primary N) is 1. The number of likely N-dealkylation sites (tertiary alicyclic amines) is 1. The van der Waals surface area contributed by atoms with Gasteiger partial charge >= 0.3 is 12.2 Å². The number of carbonyl (C=O) groups excluding carboxylic acids is 1. The van der Waals surface area contributed by atoms with Crippen molar-refractivity contribution in [2.24, 2.45) is 17.6 Å². The van der Waals surface area contributed by atoms with Gasteiger partial charge in [-0.15, -0.1) is 0 Å². The molecule has 0 radical (unpaired) electrons. The minimum absolute atomic E-state index is 0.106. The highest BCUT2D eigenvalue weighted by Gasteiger charge is 2.57. The van der Waals surface area contributed by atoms with Crippen molar-refractivity contribution in [3.63, 3.8) is 0 Å². The molecule has 39 heavy (non-hydrogen) atoms. The number of morpholine rings is 1. The Hall–Kier alpha value is -3.05. The minimum atomic E-state index is -4.22. The van der Waals surface area contributed by atoms with Gasteiger partial charge in [0, 0.05) is 56.9 Å². The Morgan fingerprint density at radius 3 is 2.56 bits per heavy atom. The average molecular weight is 545 g/mol. The number of piperidine rings is 1. The van der Waals surface area contributed by atoms with Crippen molar-refractivity contribution in [1.82, 2.24) is 9.88 Å². The Balaban J connectivity index is 1.24. The number of urea groups is 1. The van der Waals surface area contributed by atoms with Gasteiger partial charge in [-0.3, -0.25) is 0 Å². The number of alkyl halides is 3. The molecule has 0 bridgehead atoms. The molecule has 2 amide bonds. The maximum absolute atomic E-state index is 12.9. The van der Waals surface area contributed by atoms with Crippen LogP contribution in [-0.4, -0.2) is 80.1 Å². The van der Waals surface area contributed by atoms with Gasteiger partial charge in [0.2, 0.25) is 0 Å². The number of aromatic nitrogens is 1. The van der Waals surface area contributed by atoms with Crippen LogP contribution in [0, 0.1) is 18.8 Å². The molecule has 210 valence electrons. The van der Waals surface area contributed by atoms with Crippen LogP contribution < -0.4 is 20.9 Å². The zero-order valence-corrected chi connectivity index (χ0v) is 22.1.